The number of rotatable bonds is 2. The summed E-state index contributed by atoms with van der Waals surface area (Å²) < 4.78 is 0. The Morgan fingerprint density at radius 3 is 2.28 bits per heavy atom. The maximum atomic E-state index is 12.3. The minimum absolute atomic E-state index is 0.193. The average molecular weight is 256 g/mol. The van der Waals surface area contributed by atoms with Crippen molar-refractivity contribution in [3.05, 3.63) is 0 Å². The highest BCUT2D eigenvalue weighted by Crippen LogP contribution is 2.24. The van der Waals surface area contributed by atoms with Gasteiger partial charge in [-0.1, -0.05) is 13.8 Å². The molecule has 2 amide bonds. The van der Waals surface area contributed by atoms with Gasteiger partial charge >= 0.3 is 12.0 Å². The van der Waals surface area contributed by atoms with Crippen LogP contribution in [-0.4, -0.2) is 52.6 Å². The lowest BCUT2D eigenvalue weighted by Gasteiger charge is -2.40. The van der Waals surface area contributed by atoms with Gasteiger partial charge in [-0.05, 0) is 32.1 Å². The molecule has 1 heterocycles. The van der Waals surface area contributed by atoms with Gasteiger partial charge in [-0.15, -0.1) is 0 Å². The molecule has 0 aromatic carbocycles. The Hall–Kier alpha value is -1.26. The van der Waals surface area contributed by atoms with Crippen LogP contribution in [0.15, 0.2) is 0 Å². The number of aliphatic carboxylic acids is 1. The van der Waals surface area contributed by atoms with Crippen molar-refractivity contribution < 1.29 is 14.7 Å². The van der Waals surface area contributed by atoms with Gasteiger partial charge in [-0.2, -0.15) is 0 Å². The molecule has 1 fully saturated rings. The van der Waals surface area contributed by atoms with Crippen molar-refractivity contribution in [1.82, 2.24) is 9.80 Å². The first-order chi connectivity index (χ1) is 8.17. The Bertz CT molecular complexity index is 341. The van der Waals surface area contributed by atoms with E-state index in [-0.39, 0.29) is 6.03 Å². The summed E-state index contributed by atoms with van der Waals surface area (Å²) in [6, 6.07) is -0.193. The van der Waals surface area contributed by atoms with Crippen LogP contribution < -0.4 is 0 Å². The normalized spacial score (nSPS) is 24.8. The van der Waals surface area contributed by atoms with Crippen LogP contribution in [0.1, 0.15) is 34.1 Å². The smallest absolute Gasteiger partial charge is 0.329 e. The number of nitrogens with zero attached hydrogens (tertiary/aromatic N) is 2. The number of carboxylic acid groups (broad SMARTS) is 1. The summed E-state index contributed by atoms with van der Waals surface area (Å²) in [7, 11) is 1.55. The van der Waals surface area contributed by atoms with Crippen molar-refractivity contribution in [1.29, 1.82) is 0 Å². The predicted molar refractivity (Wildman–Crippen MR) is 69.4 cm³/mol. The van der Waals surface area contributed by atoms with Gasteiger partial charge in [0, 0.05) is 20.1 Å². The molecule has 0 spiro atoms. The molecule has 104 valence electrons. The van der Waals surface area contributed by atoms with Crippen LogP contribution in [0.2, 0.25) is 0 Å². The van der Waals surface area contributed by atoms with Crippen molar-refractivity contribution in [3.63, 3.8) is 0 Å². The lowest BCUT2D eigenvalue weighted by atomic mass is 9.89. The zero-order valence-corrected chi connectivity index (χ0v) is 11.9. The molecule has 0 radical (unpaired) electrons. The fourth-order valence-corrected chi connectivity index (χ4v) is 2.03. The van der Waals surface area contributed by atoms with E-state index in [1.165, 1.54) is 4.90 Å². The summed E-state index contributed by atoms with van der Waals surface area (Å²) in [6.45, 7) is 8.83. The van der Waals surface area contributed by atoms with Crippen LogP contribution in [0.25, 0.3) is 0 Å². The third-order valence-electron chi connectivity index (χ3n) is 4.25. The second kappa shape index (κ2) is 5.16. The van der Waals surface area contributed by atoms with Gasteiger partial charge in [0.25, 0.3) is 0 Å². The van der Waals surface area contributed by atoms with Crippen LogP contribution >= 0.6 is 0 Å². The van der Waals surface area contributed by atoms with Crippen LogP contribution in [0.5, 0.6) is 0 Å². The molecule has 1 rings (SSSR count). The van der Waals surface area contributed by atoms with E-state index in [4.69, 9.17) is 5.11 Å². The number of likely N-dealkylation sites (N-methyl/N-ethyl adjacent to an activating group) is 1. The third kappa shape index (κ3) is 2.76. The molecule has 5 nitrogen and oxygen atoms in total. The summed E-state index contributed by atoms with van der Waals surface area (Å²) in [4.78, 5) is 26.5. The molecule has 0 aliphatic carbocycles. The molecule has 18 heavy (non-hydrogen) atoms. The molecule has 2 unspecified atom stereocenters. The van der Waals surface area contributed by atoms with E-state index in [0.29, 0.717) is 24.9 Å². The van der Waals surface area contributed by atoms with E-state index in [1.807, 2.05) is 0 Å². The summed E-state index contributed by atoms with van der Waals surface area (Å²) >= 11 is 0. The zero-order valence-electron chi connectivity index (χ0n) is 11.9. The Balaban J connectivity index is 2.73. The number of likely N-dealkylation sites (tertiary alicyclic amines) is 1. The van der Waals surface area contributed by atoms with Crippen LogP contribution in [0, 0.1) is 11.8 Å². The first kappa shape index (κ1) is 14.8. The highest BCUT2D eigenvalue weighted by molar-refractivity contribution is 5.85. The van der Waals surface area contributed by atoms with Gasteiger partial charge in [-0.25, -0.2) is 9.59 Å². The Morgan fingerprint density at radius 1 is 1.28 bits per heavy atom. The van der Waals surface area contributed by atoms with Gasteiger partial charge in [-0.3, -0.25) is 0 Å². The molecule has 1 saturated heterocycles. The molecule has 2 atom stereocenters. The fraction of sp³-hybridized carbons (Fsp3) is 0.846. The average Bonchev–Trinajstić information content (AvgIpc) is 2.30. The van der Waals surface area contributed by atoms with Gasteiger partial charge in [0.2, 0.25) is 0 Å². The van der Waals surface area contributed by atoms with E-state index < -0.39 is 11.5 Å². The van der Waals surface area contributed by atoms with Crippen LogP contribution in [-0.2, 0) is 4.79 Å². The van der Waals surface area contributed by atoms with E-state index >= 15 is 0 Å². The maximum Gasteiger partial charge on any atom is 0.329 e. The highest BCUT2D eigenvalue weighted by Gasteiger charge is 2.38. The number of urea groups is 1. The summed E-state index contributed by atoms with van der Waals surface area (Å²) in [6.07, 6.45) is 0.980. The Labute approximate surface area is 109 Å². The van der Waals surface area contributed by atoms with Gasteiger partial charge in [0.1, 0.15) is 5.54 Å². The molecule has 1 aliphatic heterocycles. The molecule has 5 heteroatoms. The largest absolute Gasteiger partial charge is 0.480 e. The Morgan fingerprint density at radius 2 is 1.83 bits per heavy atom. The van der Waals surface area contributed by atoms with Gasteiger partial charge in [0.05, 0.1) is 0 Å². The van der Waals surface area contributed by atoms with Crippen molar-refractivity contribution >= 4 is 12.0 Å². The minimum Gasteiger partial charge on any atom is -0.480 e. The molecule has 0 aromatic heterocycles. The number of carbonyl (C=O) groups excluding carboxylic acids is 1. The quantitative estimate of drug-likeness (QED) is 0.820. The standard InChI is InChI=1S/C13H24N2O3/c1-9-6-7-15(8-10(9)2)12(18)14(5)13(3,4)11(16)17/h9-10H,6-8H2,1-5H3,(H,16,17). The molecule has 0 bridgehead atoms. The van der Waals surface area contributed by atoms with Crippen LogP contribution in [0.4, 0.5) is 4.79 Å². The fourth-order valence-electron chi connectivity index (χ4n) is 2.03. The lowest BCUT2D eigenvalue weighted by Crippen LogP contribution is -2.57. The summed E-state index contributed by atoms with van der Waals surface area (Å²) in [5.41, 5.74) is -1.18. The second-order valence-electron chi connectivity index (χ2n) is 5.90. The molecule has 0 aromatic rings. The number of hydrogen-bond donors (Lipinski definition) is 1. The first-order valence-electron chi connectivity index (χ1n) is 6.44. The molecular weight excluding hydrogens is 232 g/mol. The first-order valence-corrected chi connectivity index (χ1v) is 6.44. The Kier molecular flexibility index (Phi) is 4.24. The zero-order chi connectivity index (χ0) is 14.1. The molecular formula is C13H24N2O3. The number of carbonyl (C=O) groups is 2. The minimum atomic E-state index is -1.18. The van der Waals surface area contributed by atoms with Gasteiger partial charge in [0.15, 0.2) is 0 Å². The molecule has 1 N–H and O–H groups in total. The topological polar surface area (TPSA) is 60.9 Å². The summed E-state index contributed by atoms with van der Waals surface area (Å²) in [5, 5.41) is 9.14. The van der Waals surface area contributed by atoms with E-state index in [9.17, 15) is 9.59 Å². The van der Waals surface area contributed by atoms with Crippen molar-refractivity contribution in [2.45, 2.75) is 39.7 Å². The van der Waals surface area contributed by atoms with Crippen molar-refractivity contribution in [2.75, 3.05) is 20.1 Å². The SMILES string of the molecule is CC1CCN(C(=O)N(C)C(C)(C)C(=O)O)CC1C. The van der Waals surface area contributed by atoms with E-state index in [0.717, 1.165) is 6.42 Å². The number of carboxylic acids is 1. The molecule has 0 saturated carbocycles. The predicted octanol–water partition coefficient (Wildman–Crippen LogP) is 1.88. The van der Waals surface area contributed by atoms with Gasteiger partial charge < -0.3 is 14.9 Å². The number of amides is 2. The van der Waals surface area contributed by atoms with Crippen molar-refractivity contribution in [2.24, 2.45) is 11.8 Å². The second-order valence-corrected chi connectivity index (χ2v) is 5.90. The number of piperidine rings is 1. The lowest BCUT2D eigenvalue weighted by molar-refractivity contribution is -0.147. The summed E-state index contributed by atoms with van der Waals surface area (Å²) in [5.74, 6) is 0.0904. The van der Waals surface area contributed by atoms with Crippen molar-refractivity contribution in [3.8, 4) is 0 Å². The monoisotopic (exact) mass is 256 g/mol. The number of hydrogen-bond acceptors (Lipinski definition) is 2. The highest BCUT2D eigenvalue weighted by atomic mass is 16.4. The molecule has 1 aliphatic rings. The van der Waals surface area contributed by atoms with E-state index in [2.05, 4.69) is 13.8 Å². The van der Waals surface area contributed by atoms with Crippen LogP contribution in [0.3, 0.4) is 0 Å². The van der Waals surface area contributed by atoms with E-state index in [1.54, 1.807) is 25.8 Å². The third-order valence-corrected chi connectivity index (χ3v) is 4.25. The maximum absolute atomic E-state index is 12.3.